The van der Waals surface area contributed by atoms with Gasteiger partial charge in [0.05, 0.1) is 11.2 Å². The van der Waals surface area contributed by atoms with Gasteiger partial charge in [0.1, 0.15) is 11.4 Å². The lowest BCUT2D eigenvalue weighted by atomic mass is 9.84. The van der Waals surface area contributed by atoms with Crippen LogP contribution in [0.5, 0.6) is 0 Å². The number of anilines is 3. The highest BCUT2D eigenvalue weighted by molar-refractivity contribution is 14.1. The van der Waals surface area contributed by atoms with Crippen molar-refractivity contribution in [2.24, 2.45) is 5.73 Å². The molecule has 0 radical (unpaired) electrons. The molecule has 4 N–H and O–H groups in total. The zero-order valence-corrected chi connectivity index (χ0v) is 22.0. The molecule has 6 rings (SSSR count). The quantitative estimate of drug-likeness (QED) is 0.252. The SMILES string of the molecule is NC(=O)OC1(c2ccccc2)CCN(c2nc(Nc3n[nH]c(C4CC4)c3F)c3cc(I)ccc3n2)CC1. The Morgan fingerprint density at radius 1 is 1.14 bits per heavy atom. The lowest BCUT2D eigenvalue weighted by Gasteiger charge is -2.41. The Balaban J connectivity index is 1.32. The van der Waals surface area contributed by atoms with E-state index in [1.165, 1.54) is 0 Å². The molecule has 4 aromatic rings. The molecule has 190 valence electrons. The van der Waals surface area contributed by atoms with Crippen molar-refractivity contribution in [3.8, 4) is 0 Å². The maximum Gasteiger partial charge on any atom is 0.405 e. The van der Waals surface area contributed by atoms with Crippen LogP contribution in [0.4, 0.5) is 26.8 Å². The molecule has 1 amide bonds. The summed E-state index contributed by atoms with van der Waals surface area (Å²) < 4.78 is 21.7. The lowest BCUT2D eigenvalue weighted by Crippen LogP contribution is -2.46. The van der Waals surface area contributed by atoms with Crippen molar-refractivity contribution in [3.63, 3.8) is 0 Å². The normalized spacial score (nSPS) is 17.1. The molecule has 2 aromatic heterocycles. The number of amides is 1. The number of nitrogens with one attached hydrogen (secondary N) is 2. The van der Waals surface area contributed by atoms with E-state index in [0.717, 1.165) is 32.9 Å². The molecule has 1 aliphatic carbocycles. The van der Waals surface area contributed by atoms with Crippen LogP contribution in [0.3, 0.4) is 0 Å². The number of hydrogen-bond donors (Lipinski definition) is 3. The first kappa shape index (κ1) is 23.9. The minimum Gasteiger partial charge on any atom is -0.438 e. The number of primary amides is 1. The van der Waals surface area contributed by atoms with Gasteiger partial charge in [0.2, 0.25) is 5.95 Å². The van der Waals surface area contributed by atoms with Crippen LogP contribution in [0, 0.1) is 9.39 Å². The van der Waals surface area contributed by atoms with Crippen LogP contribution in [0.25, 0.3) is 10.9 Å². The van der Waals surface area contributed by atoms with E-state index in [4.69, 9.17) is 20.4 Å². The molecule has 0 spiro atoms. The van der Waals surface area contributed by atoms with Gasteiger partial charge in [-0.15, -0.1) is 0 Å². The summed E-state index contributed by atoms with van der Waals surface area (Å²) >= 11 is 2.23. The van der Waals surface area contributed by atoms with Crippen molar-refractivity contribution in [2.75, 3.05) is 23.3 Å². The number of carbonyl (C=O) groups excluding carboxylic acids is 1. The second kappa shape index (κ2) is 9.43. The molecule has 1 aliphatic heterocycles. The van der Waals surface area contributed by atoms with Crippen LogP contribution in [-0.2, 0) is 10.3 Å². The minimum absolute atomic E-state index is 0.128. The molecular weight excluding hydrogens is 588 g/mol. The number of aromatic amines is 1. The highest BCUT2D eigenvalue weighted by Crippen LogP contribution is 2.42. The Labute approximate surface area is 226 Å². The molecule has 9 nitrogen and oxygen atoms in total. The van der Waals surface area contributed by atoms with Gasteiger partial charge in [0, 0.05) is 40.8 Å². The Bertz CT molecular complexity index is 1470. The van der Waals surface area contributed by atoms with Gasteiger partial charge in [-0.1, -0.05) is 30.3 Å². The van der Waals surface area contributed by atoms with Gasteiger partial charge in [-0.25, -0.2) is 14.2 Å². The summed E-state index contributed by atoms with van der Waals surface area (Å²) in [6.07, 6.45) is 2.18. The van der Waals surface area contributed by atoms with Crippen LogP contribution in [-0.4, -0.2) is 39.3 Å². The van der Waals surface area contributed by atoms with E-state index < -0.39 is 11.7 Å². The summed E-state index contributed by atoms with van der Waals surface area (Å²) in [6.45, 7) is 1.08. The average molecular weight is 613 g/mol. The van der Waals surface area contributed by atoms with Crippen LogP contribution >= 0.6 is 22.6 Å². The van der Waals surface area contributed by atoms with Crippen LogP contribution < -0.4 is 16.0 Å². The van der Waals surface area contributed by atoms with Crippen LogP contribution in [0.1, 0.15) is 42.9 Å². The summed E-state index contributed by atoms with van der Waals surface area (Å²) in [5.41, 5.74) is 6.82. The third-order valence-corrected chi connectivity index (χ3v) is 7.72. The first-order valence-electron chi connectivity index (χ1n) is 12.2. The Morgan fingerprint density at radius 3 is 2.59 bits per heavy atom. The van der Waals surface area contributed by atoms with Crippen molar-refractivity contribution in [1.82, 2.24) is 20.2 Å². The molecule has 2 aliphatic rings. The third-order valence-electron chi connectivity index (χ3n) is 7.05. The number of halogens is 2. The first-order valence-corrected chi connectivity index (χ1v) is 13.3. The molecule has 2 aromatic carbocycles. The summed E-state index contributed by atoms with van der Waals surface area (Å²) in [5.74, 6) is 0.969. The van der Waals surface area contributed by atoms with Gasteiger partial charge < -0.3 is 20.7 Å². The Morgan fingerprint density at radius 2 is 1.89 bits per heavy atom. The van der Waals surface area contributed by atoms with E-state index in [1.54, 1.807) is 0 Å². The van der Waals surface area contributed by atoms with Crippen LogP contribution in [0.2, 0.25) is 0 Å². The van der Waals surface area contributed by atoms with Gasteiger partial charge in [-0.3, -0.25) is 5.10 Å². The fourth-order valence-corrected chi connectivity index (χ4v) is 5.45. The predicted molar refractivity (Wildman–Crippen MR) is 146 cm³/mol. The van der Waals surface area contributed by atoms with Crippen molar-refractivity contribution in [1.29, 1.82) is 0 Å². The maximum atomic E-state index is 15.0. The molecule has 1 saturated carbocycles. The second-order valence-electron chi connectivity index (χ2n) is 9.50. The topological polar surface area (TPSA) is 122 Å². The van der Waals surface area contributed by atoms with Crippen molar-refractivity contribution in [2.45, 2.75) is 37.2 Å². The number of piperidine rings is 1. The van der Waals surface area contributed by atoms with E-state index in [1.807, 2.05) is 53.4 Å². The molecule has 11 heteroatoms. The van der Waals surface area contributed by atoms with Crippen molar-refractivity contribution >= 4 is 57.2 Å². The number of hydrogen-bond acceptors (Lipinski definition) is 7. The number of rotatable bonds is 6. The number of aromatic nitrogens is 4. The third kappa shape index (κ3) is 4.67. The molecular formula is C26H25FIN7O2. The number of ether oxygens (including phenoxy) is 1. The standard InChI is InChI=1S/C26H25FIN7O2/c27-20-21(15-6-7-15)33-34-23(20)31-22-18-14-17(28)8-9-19(18)30-25(32-22)35-12-10-26(11-13-35,37-24(29)36)16-4-2-1-3-5-16/h1-5,8-9,14-15H,6-7,10-13H2,(H2,29,36)(H2,30,31,32,33,34). The van der Waals surface area contributed by atoms with Crippen LogP contribution in [0.15, 0.2) is 48.5 Å². The summed E-state index contributed by atoms with van der Waals surface area (Å²) in [4.78, 5) is 23.4. The minimum atomic E-state index is -0.810. The summed E-state index contributed by atoms with van der Waals surface area (Å²) in [7, 11) is 0. The molecule has 0 bridgehead atoms. The lowest BCUT2D eigenvalue weighted by molar-refractivity contribution is -0.00678. The fraction of sp³-hybridized carbons (Fsp3) is 0.308. The van der Waals surface area contributed by atoms with E-state index >= 15 is 4.39 Å². The van der Waals surface area contributed by atoms with E-state index in [2.05, 4.69) is 38.1 Å². The number of H-pyrrole nitrogens is 1. The molecule has 1 saturated heterocycles. The van der Waals surface area contributed by atoms with Gasteiger partial charge >= 0.3 is 6.09 Å². The molecule has 0 unspecified atom stereocenters. The largest absolute Gasteiger partial charge is 0.438 e. The fourth-order valence-electron chi connectivity index (χ4n) is 4.96. The van der Waals surface area contributed by atoms with E-state index in [-0.39, 0.29) is 17.6 Å². The summed E-state index contributed by atoms with van der Waals surface area (Å²) in [5, 5.41) is 10.9. The van der Waals surface area contributed by atoms with Crippen molar-refractivity contribution < 1.29 is 13.9 Å². The molecule has 37 heavy (non-hydrogen) atoms. The maximum absolute atomic E-state index is 15.0. The average Bonchev–Trinajstić information content (AvgIpc) is 3.68. The highest BCUT2D eigenvalue weighted by Gasteiger charge is 2.40. The van der Waals surface area contributed by atoms with E-state index in [9.17, 15) is 4.79 Å². The highest BCUT2D eigenvalue weighted by atomic mass is 127. The number of benzene rings is 2. The smallest absolute Gasteiger partial charge is 0.405 e. The van der Waals surface area contributed by atoms with Gasteiger partial charge in [0.15, 0.2) is 11.6 Å². The number of nitrogens with two attached hydrogens (primary N) is 1. The predicted octanol–water partition coefficient (Wildman–Crippen LogP) is 5.31. The van der Waals surface area contributed by atoms with Gasteiger partial charge in [-0.05, 0) is 59.2 Å². The summed E-state index contributed by atoms with van der Waals surface area (Å²) in [6, 6.07) is 15.5. The zero-order chi connectivity index (χ0) is 25.6. The number of nitrogens with zero attached hydrogens (tertiary/aromatic N) is 4. The molecule has 3 heterocycles. The zero-order valence-electron chi connectivity index (χ0n) is 19.9. The monoisotopic (exact) mass is 613 g/mol. The Hall–Kier alpha value is -3.48. The molecule has 0 atom stereocenters. The van der Waals surface area contributed by atoms with E-state index in [0.29, 0.717) is 43.4 Å². The van der Waals surface area contributed by atoms with Gasteiger partial charge in [0.25, 0.3) is 0 Å². The van der Waals surface area contributed by atoms with Gasteiger partial charge in [-0.2, -0.15) is 10.1 Å². The van der Waals surface area contributed by atoms with Crippen molar-refractivity contribution in [3.05, 3.63) is 69.2 Å². The number of carbonyl (C=O) groups is 1. The number of fused-ring (bicyclic) bond motifs is 1. The Kier molecular flexibility index (Phi) is 6.09. The molecule has 2 fully saturated rings. The first-order chi connectivity index (χ1) is 17.9. The second-order valence-corrected chi connectivity index (χ2v) is 10.7.